The molecular weight excluding hydrogens is 566 g/mol. The van der Waals surface area contributed by atoms with Crippen LogP contribution in [0.15, 0.2) is 0 Å². The molecule has 268 valence electrons. The topological polar surface area (TPSA) is 161 Å². The van der Waals surface area contributed by atoms with Crippen molar-refractivity contribution in [3.05, 3.63) is 0 Å². The standard InChI is InChI=1S/C12H23O5P.C5H8O2.12CH4.H5N2OP/c13-9(5-11-7-15-11)1-3-17-18-4-2-10(14)6-12-8-16-12;1(4-2-6-4)5-3-7-5;;;;;;;;;;;;;1-3-4-2/h9-14,18H,1-8H2;4-5H,1-3H2;12*1H4;4H,1-2H2. The number of ether oxygens (including phenoxy) is 4. The van der Waals surface area contributed by atoms with Crippen LogP contribution in [-0.4, -0.2) is 86.0 Å². The van der Waals surface area contributed by atoms with E-state index < -0.39 is 0 Å². The number of rotatable bonds is 14. The van der Waals surface area contributed by atoms with Crippen LogP contribution in [0, 0.1) is 0 Å². The minimum absolute atomic E-state index is 0. The molecule has 0 aliphatic carbocycles. The second-order valence-corrected chi connectivity index (χ2v) is 8.94. The lowest BCUT2D eigenvalue weighted by Crippen LogP contribution is -2.12. The Hall–Kier alpha value is 0.460. The van der Waals surface area contributed by atoms with Crippen molar-refractivity contribution < 1.29 is 38.3 Å². The first-order valence-corrected chi connectivity index (χ1v) is 12.2. The maximum Gasteiger partial charge on any atom is 0.109 e. The second kappa shape index (κ2) is 44.9. The third-order valence-corrected chi connectivity index (χ3v) is 5.55. The highest BCUT2D eigenvalue weighted by molar-refractivity contribution is 7.32. The van der Waals surface area contributed by atoms with E-state index in [1.807, 2.05) is 0 Å². The lowest BCUT2D eigenvalue weighted by molar-refractivity contribution is 0.124. The average molecular weight is 651 g/mol. The molecule has 4 aliphatic rings. The van der Waals surface area contributed by atoms with Crippen LogP contribution in [-0.2, 0) is 28.1 Å². The molecule has 6 N–H and O–H groups in total. The van der Waals surface area contributed by atoms with Crippen molar-refractivity contribution in [2.24, 2.45) is 11.4 Å². The summed E-state index contributed by atoms with van der Waals surface area (Å²) >= 11 is 0. The molecule has 8 unspecified atom stereocenters. The number of nitrogens with two attached hydrogens (primary N) is 2. The summed E-state index contributed by atoms with van der Waals surface area (Å²) in [5.74, 6) is 4.42. The monoisotopic (exact) mass is 651 g/mol. The molecule has 8 atom stereocenters. The molecule has 0 aromatic rings. The van der Waals surface area contributed by atoms with Crippen molar-refractivity contribution in [3.63, 3.8) is 0 Å². The maximum atomic E-state index is 9.63. The number of hydrogen-bond donors (Lipinski definition) is 4. The summed E-state index contributed by atoms with van der Waals surface area (Å²) in [7, 11) is 0.328. The molecule has 4 fully saturated rings. The van der Waals surface area contributed by atoms with Gasteiger partial charge in [-0.2, -0.15) is 0 Å². The first kappa shape index (κ1) is 73.2. The predicted octanol–water partition coefficient (Wildman–Crippen LogP) is 7.83. The predicted molar refractivity (Wildman–Crippen MR) is 192 cm³/mol. The van der Waals surface area contributed by atoms with E-state index in [2.05, 4.69) is 10.5 Å². The van der Waals surface area contributed by atoms with Crippen molar-refractivity contribution in [2.75, 3.05) is 39.2 Å². The fraction of sp³-hybridized carbons (Fsp3) is 1.00. The minimum atomic E-state index is -0.306. The van der Waals surface area contributed by atoms with Crippen LogP contribution in [0.25, 0.3) is 0 Å². The van der Waals surface area contributed by atoms with Crippen molar-refractivity contribution in [3.8, 4) is 0 Å². The quantitative estimate of drug-likeness (QED) is 0.0631. The maximum absolute atomic E-state index is 9.63. The van der Waals surface area contributed by atoms with Gasteiger partial charge in [-0.15, -0.1) is 0 Å². The number of hydrogen-bond acceptors (Lipinski definition) is 10. The van der Waals surface area contributed by atoms with Gasteiger partial charge in [0.1, 0.15) is 8.96 Å². The lowest BCUT2D eigenvalue weighted by atomic mass is 10.1. The normalized spacial score (nSPS) is 22.0. The van der Waals surface area contributed by atoms with E-state index in [0.29, 0.717) is 40.1 Å². The van der Waals surface area contributed by atoms with Crippen LogP contribution in [0.1, 0.15) is 121 Å². The third kappa shape index (κ3) is 50.4. The van der Waals surface area contributed by atoms with Crippen LogP contribution in [0.3, 0.4) is 0 Å². The van der Waals surface area contributed by atoms with E-state index in [1.54, 1.807) is 0 Å². The average Bonchev–Trinajstić information content (AvgIpc) is 3.56. The van der Waals surface area contributed by atoms with Crippen LogP contribution in [0.5, 0.6) is 0 Å². The van der Waals surface area contributed by atoms with Gasteiger partial charge in [-0.3, -0.25) is 10.1 Å². The smallest absolute Gasteiger partial charge is 0.109 e. The van der Waals surface area contributed by atoms with Crippen LogP contribution >= 0.6 is 17.8 Å². The molecule has 0 amide bonds. The number of aliphatic hydroxyl groups excluding tert-OH is 2. The van der Waals surface area contributed by atoms with Gasteiger partial charge in [0, 0.05) is 28.1 Å². The zero-order valence-corrected chi connectivity index (χ0v) is 18.7. The van der Waals surface area contributed by atoms with Crippen LogP contribution < -0.4 is 11.4 Å². The Morgan fingerprint density at radius 2 is 0.951 bits per heavy atom. The fourth-order valence-corrected chi connectivity index (χ4v) is 3.37. The van der Waals surface area contributed by atoms with E-state index in [-0.39, 0.29) is 116 Å². The first-order chi connectivity index (χ1) is 14.1. The molecule has 0 spiro atoms. The zero-order valence-electron chi connectivity index (χ0n) is 16.7. The molecule has 4 rings (SSSR count). The van der Waals surface area contributed by atoms with Crippen molar-refractivity contribution in [1.29, 1.82) is 0 Å². The van der Waals surface area contributed by atoms with Crippen molar-refractivity contribution in [1.82, 2.24) is 0 Å². The Labute approximate surface area is 264 Å². The summed E-state index contributed by atoms with van der Waals surface area (Å²) in [6, 6.07) is 0. The summed E-state index contributed by atoms with van der Waals surface area (Å²) < 4.78 is 29.4. The molecule has 0 aromatic heterocycles. The molecule has 4 heterocycles. The largest absolute Gasteiger partial charge is 0.393 e. The van der Waals surface area contributed by atoms with Gasteiger partial charge in [0.05, 0.1) is 69.7 Å². The summed E-state index contributed by atoms with van der Waals surface area (Å²) in [4.78, 5) is 0. The summed E-state index contributed by atoms with van der Waals surface area (Å²) in [6.07, 6.45) is 6.09. The molecule has 4 saturated heterocycles. The van der Waals surface area contributed by atoms with Gasteiger partial charge in [-0.25, -0.2) is 5.90 Å². The Morgan fingerprint density at radius 1 is 0.634 bits per heavy atom. The highest BCUT2D eigenvalue weighted by Gasteiger charge is 2.33. The molecule has 10 nitrogen and oxygen atoms in total. The Bertz CT molecular complexity index is 384. The summed E-state index contributed by atoms with van der Waals surface area (Å²) in [6.45, 7) is 4.13. The molecule has 0 saturated carbocycles. The highest BCUT2D eigenvalue weighted by Crippen LogP contribution is 2.24. The first-order valence-electron chi connectivity index (χ1n) is 10.1. The highest BCUT2D eigenvalue weighted by atomic mass is 31.1. The molecular formula is C29H84N2O8P2. The van der Waals surface area contributed by atoms with E-state index in [1.165, 1.54) is 0 Å². The van der Waals surface area contributed by atoms with Gasteiger partial charge in [-0.05, 0) is 19.0 Å². The molecule has 0 bridgehead atoms. The summed E-state index contributed by atoms with van der Waals surface area (Å²) in [5.41, 5.74) is 4.71. The van der Waals surface area contributed by atoms with Gasteiger partial charge < -0.3 is 33.7 Å². The van der Waals surface area contributed by atoms with Crippen LogP contribution in [0.4, 0.5) is 0 Å². The van der Waals surface area contributed by atoms with Crippen molar-refractivity contribution >= 4 is 17.8 Å². The van der Waals surface area contributed by atoms with E-state index in [4.69, 9.17) is 29.0 Å². The zero-order chi connectivity index (χ0) is 20.9. The van der Waals surface area contributed by atoms with Gasteiger partial charge in [-0.1, -0.05) is 89.1 Å². The number of epoxide rings is 4. The van der Waals surface area contributed by atoms with Crippen LogP contribution in [0.2, 0.25) is 0 Å². The van der Waals surface area contributed by atoms with E-state index >= 15 is 0 Å². The molecule has 41 heavy (non-hydrogen) atoms. The summed E-state index contributed by atoms with van der Waals surface area (Å²) in [5, 5.41) is 19.2. The van der Waals surface area contributed by atoms with Gasteiger partial charge in [0.25, 0.3) is 0 Å². The third-order valence-electron chi connectivity index (χ3n) is 4.51. The second-order valence-electron chi connectivity index (χ2n) is 7.39. The molecule has 0 aromatic carbocycles. The van der Waals surface area contributed by atoms with Gasteiger partial charge in [0.2, 0.25) is 0 Å². The SMILES string of the molecule is C.C.C.C.C.C.C.C.C.C.C.C.C1OC1CC1CO1.NOPN.OC(CCOPCCC(O)CC1CO1)CC1CO1. The van der Waals surface area contributed by atoms with E-state index in [0.717, 1.165) is 58.3 Å². The van der Waals surface area contributed by atoms with Gasteiger partial charge >= 0.3 is 0 Å². The Kier molecular flexibility index (Phi) is 80.1. The molecule has 12 heteroatoms. The Morgan fingerprint density at radius 3 is 1.24 bits per heavy atom. The molecule has 0 radical (unpaired) electrons. The number of aliphatic hydroxyl groups is 2. The van der Waals surface area contributed by atoms with Crippen molar-refractivity contribution in [2.45, 2.75) is 158 Å². The van der Waals surface area contributed by atoms with Gasteiger partial charge in [0.15, 0.2) is 0 Å². The molecule has 4 aliphatic heterocycles. The van der Waals surface area contributed by atoms with E-state index in [9.17, 15) is 10.2 Å². The lowest BCUT2D eigenvalue weighted by Gasteiger charge is -2.10. The fourth-order valence-electron chi connectivity index (χ4n) is 2.52. The minimum Gasteiger partial charge on any atom is -0.393 e. The Balaban J connectivity index is -0.0000000381.